The molecule has 0 heterocycles. The number of hydrazone groups is 1. The Bertz CT molecular complexity index is 1040. The Morgan fingerprint density at radius 2 is 1.47 bits per heavy atom. The molecule has 1 amide bonds. The number of esters is 1. The van der Waals surface area contributed by atoms with Crippen LogP contribution in [0.3, 0.4) is 0 Å². The normalized spacial score (nSPS) is 10.5. The average Bonchev–Trinajstić information content (AvgIpc) is 2.80. The minimum atomic E-state index is -0.468. The summed E-state index contributed by atoms with van der Waals surface area (Å²) in [5.41, 5.74) is 4.04. The van der Waals surface area contributed by atoms with Crippen molar-refractivity contribution in [3.05, 3.63) is 89.5 Å². The van der Waals surface area contributed by atoms with Gasteiger partial charge in [0.15, 0.2) is 0 Å². The summed E-state index contributed by atoms with van der Waals surface area (Å²) >= 11 is 0. The van der Waals surface area contributed by atoms with Crippen LogP contribution in [0.2, 0.25) is 0 Å². The van der Waals surface area contributed by atoms with E-state index >= 15 is 0 Å². The Morgan fingerprint density at radius 1 is 0.800 bits per heavy atom. The fourth-order valence-corrected chi connectivity index (χ4v) is 2.51. The van der Waals surface area contributed by atoms with Gasteiger partial charge in [-0.1, -0.05) is 6.07 Å². The van der Waals surface area contributed by atoms with Crippen LogP contribution in [0.5, 0.6) is 17.2 Å². The number of amides is 1. The Kier molecular flexibility index (Phi) is 6.78. The van der Waals surface area contributed by atoms with E-state index in [4.69, 9.17) is 14.2 Å². The first-order valence-corrected chi connectivity index (χ1v) is 9.03. The molecule has 152 valence electrons. The van der Waals surface area contributed by atoms with E-state index in [0.717, 1.165) is 5.56 Å². The molecular weight excluding hydrogens is 384 g/mol. The minimum absolute atomic E-state index is 0.352. The largest absolute Gasteiger partial charge is 0.497 e. The lowest BCUT2D eigenvalue weighted by molar-refractivity contribution is 0.0734. The third-order valence-corrected chi connectivity index (χ3v) is 4.13. The predicted octanol–water partition coefficient (Wildman–Crippen LogP) is 3.69. The zero-order chi connectivity index (χ0) is 21.3. The summed E-state index contributed by atoms with van der Waals surface area (Å²) in [5, 5.41) is 3.94. The van der Waals surface area contributed by atoms with Crippen molar-refractivity contribution in [2.45, 2.75) is 0 Å². The van der Waals surface area contributed by atoms with Gasteiger partial charge < -0.3 is 14.2 Å². The van der Waals surface area contributed by atoms with Gasteiger partial charge in [-0.25, -0.2) is 10.2 Å². The number of nitrogens with one attached hydrogen (secondary N) is 1. The van der Waals surface area contributed by atoms with E-state index in [2.05, 4.69) is 10.5 Å². The summed E-state index contributed by atoms with van der Waals surface area (Å²) in [7, 11) is 3.09. The summed E-state index contributed by atoms with van der Waals surface area (Å²) in [6.07, 6.45) is 1.49. The lowest BCUT2D eigenvalue weighted by Gasteiger charge is -2.05. The quantitative estimate of drug-likeness (QED) is 0.281. The summed E-state index contributed by atoms with van der Waals surface area (Å²) in [6, 6.07) is 20.1. The van der Waals surface area contributed by atoms with Crippen LogP contribution in [0.15, 0.2) is 77.9 Å². The highest BCUT2D eigenvalue weighted by atomic mass is 16.5. The molecule has 0 spiro atoms. The van der Waals surface area contributed by atoms with Crippen molar-refractivity contribution in [3.63, 3.8) is 0 Å². The lowest BCUT2D eigenvalue weighted by atomic mass is 10.2. The molecule has 0 radical (unpaired) electrons. The standard InChI is InChI=1S/C23H20N2O5/c1-28-19-12-8-17(9-13-19)23(27)30-20-10-6-16(7-11-20)15-24-25-22(26)18-4-3-5-21(14-18)29-2/h3-15H,1-2H3,(H,25,26)/b24-15-. The molecule has 0 fully saturated rings. The number of carbonyl (C=O) groups is 2. The monoisotopic (exact) mass is 404 g/mol. The number of benzene rings is 3. The number of carbonyl (C=O) groups excluding carboxylic acids is 2. The van der Waals surface area contributed by atoms with E-state index in [1.165, 1.54) is 13.3 Å². The molecule has 0 saturated carbocycles. The Balaban J connectivity index is 1.55. The van der Waals surface area contributed by atoms with Gasteiger partial charge in [0.2, 0.25) is 0 Å². The van der Waals surface area contributed by atoms with Crippen LogP contribution in [-0.2, 0) is 0 Å². The van der Waals surface area contributed by atoms with Gasteiger partial charge >= 0.3 is 5.97 Å². The molecule has 1 N–H and O–H groups in total. The fourth-order valence-electron chi connectivity index (χ4n) is 2.51. The van der Waals surface area contributed by atoms with Gasteiger partial charge in [0.05, 0.1) is 26.0 Å². The molecule has 0 saturated heterocycles. The number of methoxy groups -OCH3 is 2. The first-order chi connectivity index (χ1) is 14.6. The highest BCUT2D eigenvalue weighted by molar-refractivity contribution is 5.95. The first kappa shape index (κ1) is 20.6. The summed E-state index contributed by atoms with van der Waals surface area (Å²) in [4.78, 5) is 24.3. The van der Waals surface area contributed by atoms with Gasteiger partial charge in [-0.05, 0) is 72.3 Å². The van der Waals surface area contributed by atoms with Crippen LogP contribution >= 0.6 is 0 Å². The van der Waals surface area contributed by atoms with E-state index in [1.54, 1.807) is 79.9 Å². The molecule has 0 aliphatic rings. The molecule has 0 atom stereocenters. The van der Waals surface area contributed by atoms with E-state index in [-0.39, 0.29) is 5.91 Å². The number of ether oxygens (including phenoxy) is 3. The Morgan fingerprint density at radius 3 is 2.13 bits per heavy atom. The average molecular weight is 404 g/mol. The van der Waals surface area contributed by atoms with Crippen LogP contribution < -0.4 is 19.6 Å². The third-order valence-electron chi connectivity index (χ3n) is 4.13. The lowest BCUT2D eigenvalue weighted by Crippen LogP contribution is -2.17. The second-order valence-electron chi connectivity index (χ2n) is 6.12. The maximum atomic E-state index is 12.2. The fraction of sp³-hybridized carbons (Fsp3) is 0.0870. The van der Waals surface area contributed by atoms with Crippen molar-refractivity contribution < 1.29 is 23.8 Å². The van der Waals surface area contributed by atoms with Crippen molar-refractivity contribution >= 4 is 18.1 Å². The van der Waals surface area contributed by atoms with Gasteiger partial charge in [0, 0.05) is 5.56 Å². The van der Waals surface area contributed by atoms with Gasteiger partial charge in [0.1, 0.15) is 17.2 Å². The zero-order valence-electron chi connectivity index (χ0n) is 16.5. The van der Waals surface area contributed by atoms with Crippen molar-refractivity contribution in [1.82, 2.24) is 5.43 Å². The smallest absolute Gasteiger partial charge is 0.343 e. The van der Waals surface area contributed by atoms with Crippen LogP contribution in [0, 0.1) is 0 Å². The summed E-state index contributed by atoms with van der Waals surface area (Å²) in [6.45, 7) is 0. The molecule has 0 unspecified atom stereocenters. The molecule has 7 heteroatoms. The van der Waals surface area contributed by atoms with Gasteiger partial charge in [0.25, 0.3) is 5.91 Å². The van der Waals surface area contributed by atoms with Crippen LogP contribution in [0.25, 0.3) is 0 Å². The predicted molar refractivity (Wildman–Crippen MR) is 112 cm³/mol. The van der Waals surface area contributed by atoms with Crippen molar-refractivity contribution in [2.24, 2.45) is 5.10 Å². The van der Waals surface area contributed by atoms with Crippen molar-refractivity contribution in [1.29, 1.82) is 0 Å². The SMILES string of the molecule is COc1ccc(C(=O)Oc2ccc(/C=N\NC(=O)c3cccc(OC)c3)cc2)cc1. The van der Waals surface area contributed by atoms with Gasteiger partial charge in [-0.3, -0.25) is 4.79 Å². The van der Waals surface area contributed by atoms with E-state index < -0.39 is 5.97 Å². The highest BCUT2D eigenvalue weighted by Crippen LogP contribution is 2.16. The highest BCUT2D eigenvalue weighted by Gasteiger charge is 2.09. The molecule has 3 aromatic carbocycles. The number of hydrogen-bond acceptors (Lipinski definition) is 6. The first-order valence-electron chi connectivity index (χ1n) is 9.03. The molecule has 0 bridgehead atoms. The molecule has 0 aromatic heterocycles. The number of rotatable bonds is 7. The Labute approximate surface area is 173 Å². The minimum Gasteiger partial charge on any atom is -0.497 e. The molecular formula is C23H20N2O5. The third kappa shape index (κ3) is 5.45. The Hall–Kier alpha value is -4.13. The molecule has 30 heavy (non-hydrogen) atoms. The van der Waals surface area contributed by atoms with Crippen LogP contribution in [0.1, 0.15) is 26.3 Å². The van der Waals surface area contributed by atoms with E-state index in [1.807, 2.05) is 0 Å². The molecule has 0 aliphatic heterocycles. The number of nitrogens with zero attached hydrogens (tertiary/aromatic N) is 1. The van der Waals surface area contributed by atoms with Gasteiger partial charge in [-0.15, -0.1) is 0 Å². The zero-order valence-corrected chi connectivity index (χ0v) is 16.5. The topological polar surface area (TPSA) is 86.2 Å². The maximum absolute atomic E-state index is 12.2. The van der Waals surface area contributed by atoms with Crippen LogP contribution in [0.4, 0.5) is 0 Å². The van der Waals surface area contributed by atoms with E-state index in [9.17, 15) is 9.59 Å². The maximum Gasteiger partial charge on any atom is 0.343 e. The van der Waals surface area contributed by atoms with Crippen LogP contribution in [-0.4, -0.2) is 32.3 Å². The second kappa shape index (κ2) is 9.88. The molecule has 3 rings (SSSR count). The summed E-state index contributed by atoms with van der Waals surface area (Å²) in [5.74, 6) is 0.827. The van der Waals surface area contributed by atoms with Gasteiger partial charge in [-0.2, -0.15) is 5.10 Å². The molecule has 3 aromatic rings. The second-order valence-corrected chi connectivity index (χ2v) is 6.12. The number of hydrogen-bond donors (Lipinski definition) is 1. The van der Waals surface area contributed by atoms with Crippen molar-refractivity contribution in [3.8, 4) is 17.2 Å². The molecule has 7 nitrogen and oxygen atoms in total. The summed E-state index contributed by atoms with van der Waals surface area (Å²) < 4.78 is 15.5. The van der Waals surface area contributed by atoms with E-state index in [0.29, 0.717) is 28.4 Å². The molecule has 0 aliphatic carbocycles. The van der Waals surface area contributed by atoms with Crippen molar-refractivity contribution in [2.75, 3.05) is 14.2 Å².